The molecule has 0 radical (unpaired) electrons. The van der Waals surface area contributed by atoms with Crippen molar-refractivity contribution in [3.05, 3.63) is 165 Å². The first-order chi connectivity index (χ1) is 33.6. The van der Waals surface area contributed by atoms with Gasteiger partial charge in [0.1, 0.15) is 29.9 Å². The summed E-state index contributed by atoms with van der Waals surface area (Å²) in [6.45, 7) is 8.61. The van der Waals surface area contributed by atoms with Gasteiger partial charge in [0.15, 0.2) is 0 Å². The number of aryl methyl sites for hydroxylation is 2. The maximum atomic E-state index is 13.7. The van der Waals surface area contributed by atoms with Gasteiger partial charge in [-0.25, -0.2) is 22.4 Å². The highest BCUT2D eigenvalue weighted by atomic mass is 19.1. The molecule has 7 N–H and O–H groups in total. The first-order valence-corrected chi connectivity index (χ1v) is 23.8. The van der Waals surface area contributed by atoms with Gasteiger partial charge in [-0.2, -0.15) is 0 Å². The van der Waals surface area contributed by atoms with Crippen LogP contribution in [0.1, 0.15) is 91.6 Å². The third kappa shape index (κ3) is 15.3. The van der Waals surface area contributed by atoms with Crippen molar-refractivity contribution in [3.8, 4) is 0 Å². The Kier molecular flexibility index (Phi) is 19.3. The molecule has 5 aromatic rings. The number of aliphatic hydroxyl groups is 2. The fourth-order valence-electron chi connectivity index (χ4n) is 8.95. The minimum absolute atomic E-state index is 0.0549. The number of nitrogens with one attached hydrogen (secondary N) is 5. The monoisotopic (exact) mass is 968 g/mol. The fraction of sp³-hybridized carbons (Fsp3) is 0.389. The van der Waals surface area contributed by atoms with Crippen LogP contribution in [0.15, 0.2) is 103 Å². The summed E-state index contributed by atoms with van der Waals surface area (Å²) in [6.07, 6.45) is 0.989. The third-order valence-electron chi connectivity index (χ3n) is 12.5. The van der Waals surface area contributed by atoms with Crippen molar-refractivity contribution in [2.24, 2.45) is 0 Å². The van der Waals surface area contributed by atoms with Crippen LogP contribution in [0.5, 0.6) is 0 Å². The second kappa shape index (κ2) is 25.5. The lowest BCUT2D eigenvalue weighted by molar-refractivity contribution is -0.121. The van der Waals surface area contributed by atoms with Gasteiger partial charge in [0.05, 0.1) is 30.0 Å². The maximum Gasteiger partial charge on any atom is 0.414 e. The molecule has 0 fully saturated rings. The molecule has 0 bridgehead atoms. The van der Waals surface area contributed by atoms with Crippen LogP contribution < -0.4 is 31.5 Å². The molecule has 2 unspecified atom stereocenters. The van der Waals surface area contributed by atoms with Crippen molar-refractivity contribution >= 4 is 29.3 Å². The Morgan fingerprint density at radius 1 is 0.643 bits per heavy atom. The number of halogens is 4. The highest BCUT2D eigenvalue weighted by molar-refractivity contribution is 5.89. The molecule has 5 aromatic carbocycles. The summed E-state index contributed by atoms with van der Waals surface area (Å²) in [5, 5.41) is 37.3. The zero-order valence-corrected chi connectivity index (χ0v) is 40.0. The molecule has 16 heteroatoms. The highest BCUT2D eigenvalue weighted by Gasteiger charge is 2.32. The molecule has 0 aliphatic carbocycles. The van der Waals surface area contributed by atoms with Crippen LogP contribution in [-0.4, -0.2) is 78.6 Å². The Morgan fingerprint density at radius 3 is 1.66 bits per heavy atom. The zero-order valence-electron chi connectivity index (χ0n) is 40.0. The predicted molar refractivity (Wildman–Crippen MR) is 262 cm³/mol. The van der Waals surface area contributed by atoms with E-state index in [0.29, 0.717) is 24.1 Å². The van der Waals surface area contributed by atoms with Crippen molar-refractivity contribution in [2.45, 2.75) is 109 Å². The lowest BCUT2D eigenvalue weighted by Crippen LogP contribution is -2.49. The first-order valence-electron chi connectivity index (χ1n) is 23.8. The van der Waals surface area contributed by atoms with Gasteiger partial charge in [-0.05, 0) is 114 Å². The predicted octanol–water partition coefficient (Wildman–Crippen LogP) is 7.89. The minimum Gasteiger partial charge on any atom is -0.444 e. The van der Waals surface area contributed by atoms with Crippen LogP contribution >= 0.6 is 0 Å². The van der Waals surface area contributed by atoms with E-state index in [1.54, 1.807) is 4.90 Å². The van der Waals surface area contributed by atoms with E-state index in [1.165, 1.54) is 43.7 Å². The van der Waals surface area contributed by atoms with Crippen LogP contribution in [0.2, 0.25) is 0 Å². The number of rotatable bonds is 18. The van der Waals surface area contributed by atoms with E-state index in [9.17, 15) is 42.2 Å². The molecule has 0 saturated heterocycles. The lowest BCUT2D eigenvalue weighted by atomic mass is 9.93. The number of hydrogen-bond donors (Lipinski definition) is 7. The van der Waals surface area contributed by atoms with Gasteiger partial charge in [0.2, 0.25) is 11.8 Å². The van der Waals surface area contributed by atoms with Gasteiger partial charge >= 0.3 is 6.09 Å². The van der Waals surface area contributed by atoms with E-state index in [4.69, 9.17) is 4.74 Å². The molecule has 0 spiro atoms. The molecule has 0 saturated carbocycles. The van der Waals surface area contributed by atoms with E-state index >= 15 is 0 Å². The van der Waals surface area contributed by atoms with Crippen LogP contribution in [0, 0.1) is 23.3 Å². The summed E-state index contributed by atoms with van der Waals surface area (Å²) in [5.41, 5.74) is 7.86. The first kappa shape index (κ1) is 53.0. The van der Waals surface area contributed by atoms with Gasteiger partial charge in [0.25, 0.3) is 0 Å². The Morgan fingerprint density at radius 2 is 1.14 bits per heavy atom. The SMILES string of the molecule is CCc1ccc2c(c1)C(NC[C@@H](O)[C@H](Cc1cc(F)cc(F)c1)NC(C)=O)CCN2.CCc1ccc2c(c1)C(NC[C@@H](O)[C@H](Cc1cc(F)cc(F)c1)NC(C)=O)CCN2C(=O)OCc1ccccc1. The number of nitrogens with zero attached hydrogens (tertiary/aromatic N) is 1. The van der Waals surface area contributed by atoms with Gasteiger partial charge in [0, 0.05) is 69.9 Å². The molecule has 0 aromatic heterocycles. The van der Waals surface area contributed by atoms with Crippen LogP contribution in [0.4, 0.5) is 33.7 Å². The normalized spacial score (nSPS) is 16.7. The average Bonchev–Trinajstić information content (AvgIpc) is 3.32. The Hall–Kier alpha value is -6.33. The maximum absolute atomic E-state index is 13.7. The molecule has 6 atom stereocenters. The summed E-state index contributed by atoms with van der Waals surface area (Å²) in [6, 6.07) is 26.7. The number of fused-ring (bicyclic) bond motifs is 2. The standard InChI is InChI=1S/C31H35F2N3O4.C23H29F2N3O2/c1-3-21-9-10-29-26(15-21)27(11-12-36(29)31(39)40-19-22-7-5-4-6-8-22)34-18-30(38)28(35-20(2)37)16-23-13-24(32)17-25(33)14-23;1-3-15-4-5-20-19(10-15)21(6-7-26-20)27-13-23(30)22(28-14(2)29)11-16-8-17(24)12-18(25)9-16/h4-10,13-15,17,27-28,30,34,38H,3,11-12,16,18-19H2,1-2H3,(H,35,37);4-5,8-10,12,21-23,26-27,30H,3,6-7,11,13H2,1-2H3,(H,28,29)/t27?,28-,30+;21?,22-,23+/m00/s1. The van der Waals surface area contributed by atoms with Crippen LogP contribution in [-0.2, 0) is 46.6 Å². The zero-order chi connectivity index (χ0) is 50.3. The summed E-state index contributed by atoms with van der Waals surface area (Å²) in [4.78, 5) is 38.1. The molecular weight excluding hydrogens is 905 g/mol. The van der Waals surface area contributed by atoms with Crippen LogP contribution in [0.3, 0.4) is 0 Å². The molecule has 7 rings (SSSR count). The number of benzene rings is 5. The molecule has 2 aliphatic rings. The number of ether oxygens (including phenoxy) is 1. The van der Waals surface area contributed by atoms with Gasteiger partial charge in [-0.3, -0.25) is 14.5 Å². The number of carbonyl (C=O) groups is 3. The number of anilines is 2. The average molecular weight is 969 g/mol. The van der Waals surface area contributed by atoms with Gasteiger partial charge < -0.3 is 41.5 Å². The molecule has 2 heterocycles. The smallest absolute Gasteiger partial charge is 0.414 e. The van der Waals surface area contributed by atoms with Crippen molar-refractivity contribution in [3.63, 3.8) is 0 Å². The van der Waals surface area contributed by atoms with Crippen molar-refractivity contribution in [1.82, 2.24) is 21.3 Å². The van der Waals surface area contributed by atoms with E-state index in [1.807, 2.05) is 42.5 Å². The van der Waals surface area contributed by atoms with Crippen LogP contribution in [0.25, 0.3) is 0 Å². The minimum atomic E-state index is -1.04. The van der Waals surface area contributed by atoms with E-state index in [-0.39, 0.29) is 56.4 Å². The largest absolute Gasteiger partial charge is 0.444 e. The number of amides is 3. The lowest BCUT2D eigenvalue weighted by Gasteiger charge is -2.35. The second-order valence-corrected chi connectivity index (χ2v) is 17.9. The summed E-state index contributed by atoms with van der Waals surface area (Å²) in [5.74, 6) is -3.48. The molecule has 2 aliphatic heterocycles. The molecule has 12 nitrogen and oxygen atoms in total. The fourth-order valence-corrected chi connectivity index (χ4v) is 8.95. The number of aliphatic hydroxyl groups excluding tert-OH is 2. The Bertz CT molecular complexity index is 2510. The molecule has 70 heavy (non-hydrogen) atoms. The molecular formula is C54H64F4N6O6. The summed E-state index contributed by atoms with van der Waals surface area (Å²) < 4.78 is 60.1. The van der Waals surface area contributed by atoms with Crippen molar-refractivity contribution in [2.75, 3.05) is 36.4 Å². The number of carbonyl (C=O) groups excluding carboxylic acids is 3. The molecule has 3 amide bonds. The Balaban J connectivity index is 0.000000239. The highest BCUT2D eigenvalue weighted by Crippen LogP contribution is 2.36. The second-order valence-electron chi connectivity index (χ2n) is 17.9. The third-order valence-corrected chi connectivity index (χ3v) is 12.5. The van der Waals surface area contributed by atoms with E-state index < -0.39 is 53.7 Å². The van der Waals surface area contributed by atoms with Gasteiger partial charge in [-0.1, -0.05) is 68.4 Å². The summed E-state index contributed by atoms with van der Waals surface area (Å²) >= 11 is 0. The van der Waals surface area contributed by atoms with E-state index in [2.05, 4.69) is 64.7 Å². The van der Waals surface area contributed by atoms with Crippen molar-refractivity contribution in [1.29, 1.82) is 0 Å². The number of hydrogen-bond acceptors (Lipinski definition) is 9. The molecule has 374 valence electrons. The van der Waals surface area contributed by atoms with E-state index in [0.717, 1.165) is 71.6 Å². The Labute approximate surface area is 407 Å². The quantitative estimate of drug-likeness (QED) is 0.0433. The summed E-state index contributed by atoms with van der Waals surface area (Å²) in [7, 11) is 0. The van der Waals surface area contributed by atoms with Crippen molar-refractivity contribution < 1.29 is 46.9 Å². The topological polar surface area (TPSA) is 164 Å². The van der Waals surface area contributed by atoms with Gasteiger partial charge in [-0.15, -0.1) is 0 Å².